The fourth-order valence-electron chi connectivity index (χ4n) is 2.49. The molecule has 0 aliphatic rings. The van der Waals surface area contributed by atoms with Gasteiger partial charge in [0.25, 0.3) is 5.91 Å². The summed E-state index contributed by atoms with van der Waals surface area (Å²) in [5.41, 5.74) is -0.426. The van der Waals surface area contributed by atoms with Crippen LogP contribution >= 0.6 is 0 Å². The van der Waals surface area contributed by atoms with Gasteiger partial charge in [0.05, 0.1) is 11.9 Å². The lowest BCUT2D eigenvalue weighted by atomic mass is 10.1. The van der Waals surface area contributed by atoms with E-state index < -0.39 is 30.0 Å². The van der Waals surface area contributed by atoms with Crippen molar-refractivity contribution in [3.8, 4) is 11.3 Å². The third kappa shape index (κ3) is 4.15. The molecule has 3 heterocycles. The van der Waals surface area contributed by atoms with Crippen molar-refractivity contribution in [2.45, 2.75) is 32.2 Å². The first-order valence-electron chi connectivity index (χ1n) is 8.14. The Bertz CT molecular complexity index is 1060. The third-order valence-corrected chi connectivity index (χ3v) is 4.08. The Balaban J connectivity index is 2.00. The molecule has 0 aromatic carbocycles. The van der Waals surface area contributed by atoms with Crippen LogP contribution in [0.3, 0.4) is 0 Å². The lowest BCUT2D eigenvalue weighted by Crippen LogP contribution is -2.43. The number of aryl methyl sites for hydroxylation is 1. The Morgan fingerprint density at radius 1 is 1.14 bits per heavy atom. The summed E-state index contributed by atoms with van der Waals surface area (Å²) >= 11 is 0. The molecule has 1 atom stereocenters. The van der Waals surface area contributed by atoms with Crippen molar-refractivity contribution in [2.75, 3.05) is 0 Å². The fraction of sp³-hybridized carbons (Fsp3) is 0.294. The molecule has 0 aliphatic carbocycles. The summed E-state index contributed by atoms with van der Waals surface area (Å²) in [6, 6.07) is 1.36. The van der Waals surface area contributed by atoms with E-state index in [2.05, 4.69) is 15.1 Å². The van der Waals surface area contributed by atoms with E-state index in [0.717, 1.165) is 31.5 Å². The van der Waals surface area contributed by atoms with Crippen LogP contribution in [0.2, 0.25) is 0 Å². The Labute approximate surface area is 159 Å². The highest BCUT2D eigenvalue weighted by Gasteiger charge is 2.37. The van der Waals surface area contributed by atoms with Crippen LogP contribution in [0.25, 0.3) is 16.9 Å². The normalized spacial score (nSPS) is 13.5. The van der Waals surface area contributed by atoms with E-state index >= 15 is 0 Å². The molecule has 154 valence electrons. The average Bonchev–Trinajstić information content (AvgIpc) is 3.05. The number of carbonyl (C=O) groups is 1. The molecule has 6 nitrogen and oxygen atoms in total. The number of nitrogens with one attached hydrogen (secondary N) is 1. The van der Waals surface area contributed by atoms with Crippen molar-refractivity contribution >= 4 is 11.6 Å². The first kappa shape index (κ1) is 20.6. The van der Waals surface area contributed by atoms with Crippen LogP contribution in [-0.4, -0.2) is 37.7 Å². The number of alkyl halides is 6. The van der Waals surface area contributed by atoms with E-state index in [0.29, 0.717) is 5.69 Å². The van der Waals surface area contributed by atoms with Gasteiger partial charge in [0.1, 0.15) is 17.3 Å². The van der Waals surface area contributed by atoms with Crippen LogP contribution in [0.1, 0.15) is 28.7 Å². The van der Waals surface area contributed by atoms with Gasteiger partial charge in [-0.05, 0) is 32.0 Å². The van der Waals surface area contributed by atoms with E-state index in [1.54, 1.807) is 6.92 Å². The van der Waals surface area contributed by atoms with Crippen LogP contribution in [0, 0.1) is 6.92 Å². The zero-order chi connectivity index (χ0) is 21.6. The number of carbonyl (C=O) groups excluding carboxylic acids is 1. The van der Waals surface area contributed by atoms with Gasteiger partial charge in [-0.15, -0.1) is 0 Å². The zero-order valence-corrected chi connectivity index (χ0v) is 14.9. The SMILES string of the molecule is Cc1cc(-c2ccc(C(F)(F)F)nc2)nc2c(C(=O)NC(C)C(F)(F)F)cnn12. The molecule has 3 aromatic heterocycles. The standard InChI is InChI=1S/C17H13F6N5O/c1-8-5-12(10-3-4-13(24-6-10)17(21,22)23)27-14-11(7-25-28(8)14)15(29)26-9(2)16(18,19)20/h3-7,9H,1-2H3,(H,26,29). The van der Waals surface area contributed by atoms with Gasteiger partial charge in [0.15, 0.2) is 5.65 Å². The third-order valence-electron chi connectivity index (χ3n) is 4.08. The molecule has 3 aromatic rings. The maximum absolute atomic E-state index is 12.7. The number of hydrogen-bond donors (Lipinski definition) is 1. The fourth-order valence-corrected chi connectivity index (χ4v) is 2.49. The molecule has 29 heavy (non-hydrogen) atoms. The summed E-state index contributed by atoms with van der Waals surface area (Å²) in [5.74, 6) is -1.03. The highest BCUT2D eigenvalue weighted by molar-refractivity contribution is 6.00. The van der Waals surface area contributed by atoms with Crippen LogP contribution in [0.5, 0.6) is 0 Å². The molecule has 0 bridgehead atoms. The number of nitrogens with zero attached hydrogens (tertiary/aromatic N) is 4. The minimum Gasteiger partial charge on any atom is -0.340 e. The zero-order valence-electron chi connectivity index (χ0n) is 14.9. The lowest BCUT2D eigenvalue weighted by Gasteiger charge is -2.16. The van der Waals surface area contributed by atoms with Gasteiger partial charge >= 0.3 is 12.4 Å². The topological polar surface area (TPSA) is 72.2 Å². The summed E-state index contributed by atoms with van der Waals surface area (Å²) in [4.78, 5) is 19.8. The number of aromatic nitrogens is 4. The Morgan fingerprint density at radius 3 is 2.38 bits per heavy atom. The molecular weight excluding hydrogens is 404 g/mol. The highest BCUT2D eigenvalue weighted by Crippen LogP contribution is 2.29. The van der Waals surface area contributed by atoms with E-state index in [9.17, 15) is 31.1 Å². The molecule has 0 radical (unpaired) electrons. The van der Waals surface area contributed by atoms with Crippen LogP contribution in [0.15, 0.2) is 30.6 Å². The van der Waals surface area contributed by atoms with Gasteiger partial charge in [-0.3, -0.25) is 9.78 Å². The maximum Gasteiger partial charge on any atom is 0.433 e. The van der Waals surface area contributed by atoms with Crippen molar-refractivity contribution in [1.82, 2.24) is 24.9 Å². The summed E-state index contributed by atoms with van der Waals surface area (Å²) in [6.45, 7) is 2.39. The number of pyridine rings is 1. The van der Waals surface area contributed by atoms with Gasteiger partial charge in [0, 0.05) is 17.5 Å². The lowest BCUT2D eigenvalue weighted by molar-refractivity contribution is -0.149. The number of halogens is 6. The molecule has 12 heteroatoms. The second-order valence-corrected chi connectivity index (χ2v) is 6.24. The number of fused-ring (bicyclic) bond motifs is 1. The first-order valence-corrected chi connectivity index (χ1v) is 8.14. The first-order chi connectivity index (χ1) is 13.4. The minimum absolute atomic E-state index is 0.0354. The quantitative estimate of drug-likeness (QED) is 0.658. The van der Waals surface area contributed by atoms with Gasteiger partial charge in [-0.2, -0.15) is 31.4 Å². The Hall–Kier alpha value is -3.18. The van der Waals surface area contributed by atoms with Crippen molar-refractivity contribution in [3.05, 3.63) is 47.5 Å². The number of hydrogen-bond acceptors (Lipinski definition) is 4. The molecule has 0 fully saturated rings. The summed E-state index contributed by atoms with van der Waals surface area (Å²) in [6.07, 6.45) is -7.18. The van der Waals surface area contributed by atoms with Gasteiger partial charge in [-0.1, -0.05) is 0 Å². The summed E-state index contributed by atoms with van der Waals surface area (Å²) < 4.78 is 77.3. The number of amides is 1. The van der Waals surface area contributed by atoms with Crippen LogP contribution < -0.4 is 5.32 Å². The minimum atomic E-state index is -4.63. The van der Waals surface area contributed by atoms with Crippen LogP contribution in [0.4, 0.5) is 26.3 Å². The largest absolute Gasteiger partial charge is 0.433 e. The summed E-state index contributed by atoms with van der Waals surface area (Å²) in [7, 11) is 0. The predicted octanol–water partition coefficient (Wildman–Crippen LogP) is 3.80. The van der Waals surface area contributed by atoms with Crippen molar-refractivity contribution < 1.29 is 31.1 Å². The molecule has 0 saturated carbocycles. The summed E-state index contributed by atoms with van der Waals surface area (Å²) in [5, 5.41) is 5.76. The van der Waals surface area contributed by atoms with Crippen LogP contribution in [-0.2, 0) is 6.18 Å². The second kappa shape index (κ2) is 7.01. The monoisotopic (exact) mass is 417 g/mol. The highest BCUT2D eigenvalue weighted by atomic mass is 19.4. The Morgan fingerprint density at radius 2 is 1.83 bits per heavy atom. The van der Waals surface area contributed by atoms with E-state index in [-0.39, 0.29) is 22.5 Å². The molecular formula is C17H13F6N5O. The molecule has 0 aliphatic heterocycles. The Kier molecular flexibility index (Phi) is 4.97. The van der Waals surface area contributed by atoms with E-state index in [1.807, 2.05) is 5.32 Å². The van der Waals surface area contributed by atoms with E-state index in [4.69, 9.17) is 0 Å². The van der Waals surface area contributed by atoms with Crippen molar-refractivity contribution in [1.29, 1.82) is 0 Å². The van der Waals surface area contributed by atoms with Gasteiger partial charge in [0.2, 0.25) is 0 Å². The van der Waals surface area contributed by atoms with Gasteiger partial charge < -0.3 is 5.32 Å². The molecule has 1 N–H and O–H groups in total. The predicted molar refractivity (Wildman–Crippen MR) is 88.9 cm³/mol. The molecule has 1 amide bonds. The van der Waals surface area contributed by atoms with E-state index in [1.165, 1.54) is 10.6 Å². The average molecular weight is 417 g/mol. The van der Waals surface area contributed by atoms with Gasteiger partial charge in [-0.25, -0.2) is 9.50 Å². The maximum atomic E-state index is 12.7. The molecule has 1 unspecified atom stereocenters. The number of rotatable bonds is 3. The molecule has 3 rings (SSSR count). The van der Waals surface area contributed by atoms with Crippen molar-refractivity contribution in [2.24, 2.45) is 0 Å². The second-order valence-electron chi connectivity index (χ2n) is 6.24. The van der Waals surface area contributed by atoms with Crippen molar-refractivity contribution in [3.63, 3.8) is 0 Å². The molecule has 0 saturated heterocycles. The molecule has 0 spiro atoms. The smallest absolute Gasteiger partial charge is 0.340 e.